The minimum atomic E-state index is 0.244. The van der Waals surface area contributed by atoms with Gasteiger partial charge in [-0.15, -0.1) is 0 Å². The molecule has 1 fully saturated rings. The Hall–Kier alpha value is -0.120. The first-order valence-electron chi connectivity index (χ1n) is 5.31. The maximum absolute atomic E-state index is 9.14. The predicted octanol–water partition coefficient (Wildman–Crippen LogP) is 0.345. The van der Waals surface area contributed by atoms with Crippen molar-refractivity contribution in [2.24, 2.45) is 5.92 Å². The van der Waals surface area contributed by atoms with Crippen LogP contribution in [0.4, 0.5) is 0 Å². The lowest BCUT2D eigenvalue weighted by molar-refractivity contribution is 0.191. The third-order valence-corrected chi connectivity index (χ3v) is 2.75. The van der Waals surface area contributed by atoms with Gasteiger partial charge in [-0.2, -0.15) is 0 Å². The molecule has 0 aliphatic carbocycles. The first-order valence-corrected chi connectivity index (χ1v) is 5.31. The summed E-state index contributed by atoms with van der Waals surface area (Å²) in [6.45, 7) is 6.72. The summed E-state index contributed by atoms with van der Waals surface area (Å²) in [4.78, 5) is 0. The Bertz CT molecular complexity index is 133. The molecule has 2 atom stereocenters. The summed E-state index contributed by atoms with van der Waals surface area (Å²) in [6, 6.07) is 0.804. The molecule has 0 saturated carbocycles. The van der Waals surface area contributed by atoms with E-state index in [9.17, 15) is 0 Å². The van der Waals surface area contributed by atoms with Crippen molar-refractivity contribution in [2.75, 3.05) is 19.7 Å². The summed E-state index contributed by atoms with van der Waals surface area (Å²) < 4.78 is 0. The first kappa shape index (κ1) is 11.0. The molecule has 1 heterocycles. The van der Waals surface area contributed by atoms with Gasteiger partial charge in [-0.3, -0.25) is 0 Å². The SMILES string of the molecule is CC(C)[C@@H](CO)NC1CCCNC1. The highest BCUT2D eigenvalue weighted by atomic mass is 16.3. The van der Waals surface area contributed by atoms with Crippen LogP contribution in [0.15, 0.2) is 0 Å². The highest BCUT2D eigenvalue weighted by Gasteiger charge is 2.18. The molecule has 0 radical (unpaired) electrons. The van der Waals surface area contributed by atoms with Crippen molar-refractivity contribution in [1.82, 2.24) is 10.6 Å². The van der Waals surface area contributed by atoms with Gasteiger partial charge in [0.1, 0.15) is 0 Å². The van der Waals surface area contributed by atoms with Crippen LogP contribution in [0, 0.1) is 5.92 Å². The summed E-state index contributed by atoms with van der Waals surface area (Å²) in [5.74, 6) is 0.506. The molecule has 78 valence electrons. The molecule has 0 aromatic carbocycles. The average Bonchev–Trinajstić information content (AvgIpc) is 2.15. The van der Waals surface area contributed by atoms with E-state index in [4.69, 9.17) is 5.11 Å². The van der Waals surface area contributed by atoms with Crippen LogP contribution < -0.4 is 10.6 Å². The molecule has 1 aliphatic rings. The quantitative estimate of drug-likeness (QED) is 0.593. The van der Waals surface area contributed by atoms with E-state index in [1.165, 1.54) is 12.8 Å². The smallest absolute Gasteiger partial charge is 0.0587 e. The zero-order chi connectivity index (χ0) is 9.68. The molecule has 1 unspecified atom stereocenters. The Morgan fingerprint density at radius 3 is 2.77 bits per heavy atom. The van der Waals surface area contributed by atoms with Crippen molar-refractivity contribution in [3.8, 4) is 0 Å². The zero-order valence-electron chi connectivity index (χ0n) is 8.71. The van der Waals surface area contributed by atoms with Crippen LogP contribution in [0.3, 0.4) is 0 Å². The second-order valence-electron chi connectivity index (χ2n) is 4.24. The van der Waals surface area contributed by atoms with Crippen LogP contribution in [0.25, 0.3) is 0 Å². The van der Waals surface area contributed by atoms with Gasteiger partial charge in [0.25, 0.3) is 0 Å². The summed E-state index contributed by atoms with van der Waals surface area (Å²) in [7, 11) is 0. The minimum Gasteiger partial charge on any atom is -0.395 e. The number of hydrogen-bond donors (Lipinski definition) is 3. The van der Waals surface area contributed by atoms with Gasteiger partial charge < -0.3 is 15.7 Å². The number of aliphatic hydroxyl groups is 1. The molecule has 0 amide bonds. The van der Waals surface area contributed by atoms with Gasteiger partial charge in [0, 0.05) is 18.6 Å². The molecule has 1 saturated heterocycles. The topological polar surface area (TPSA) is 44.3 Å². The molecular formula is C10H22N2O. The standard InChI is InChI=1S/C10H22N2O/c1-8(2)10(7-13)12-9-4-3-5-11-6-9/h8-13H,3-7H2,1-2H3/t9?,10-/m1/s1. The van der Waals surface area contributed by atoms with Crippen molar-refractivity contribution >= 4 is 0 Å². The molecule has 1 rings (SSSR count). The molecule has 0 aromatic heterocycles. The highest BCUT2D eigenvalue weighted by Crippen LogP contribution is 2.06. The van der Waals surface area contributed by atoms with E-state index in [1.54, 1.807) is 0 Å². The molecule has 0 aromatic rings. The predicted molar refractivity (Wildman–Crippen MR) is 54.7 cm³/mol. The van der Waals surface area contributed by atoms with Crippen LogP contribution >= 0.6 is 0 Å². The third-order valence-electron chi connectivity index (χ3n) is 2.75. The fraction of sp³-hybridized carbons (Fsp3) is 1.00. The molecule has 13 heavy (non-hydrogen) atoms. The third kappa shape index (κ3) is 3.63. The Morgan fingerprint density at radius 1 is 1.54 bits per heavy atom. The molecule has 3 heteroatoms. The second kappa shape index (κ2) is 5.58. The van der Waals surface area contributed by atoms with Gasteiger partial charge >= 0.3 is 0 Å². The molecule has 3 nitrogen and oxygen atoms in total. The van der Waals surface area contributed by atoms with Gasteiger partial charge in [-0.1, -0.05) is 13.8 Å². The Balaban J connectivity index is 2.27. The van der Waals surface area contributed by atoms with Gasteiger partial charge in [-0.05, 0) is 25.3 Å². The van der Waals surface area contributed by atoms with E-state index in [2.05, 4.69) is 24.5 Å². The van der Waals surface area contributed by atoms with Crippen molar-refractivity contribution in [2.45, 2.75) is 38.8 Å². The monoisotopic (exact) mass is 186 g/mol. The fourth-order valence-electron chi connectivity index (χ4n) is 1.75. The molecule has 3 N–H and O–H groups in total. The summed E-state index contributed by atoms with van der Waals surface area (Å²) >= 11 is 0. The molecular weight excluding hydrogens is 164 g/mol. The molecule has 1 aliphatic heterocycles. The second-order valence-corrected chi connectivity index (χ2v) is 4.24. The van der Waals surface area contributed by atoms with Gasteiger partial charge in [0.15, 0.2) is 0 Å². The van der Waals surface area contributed by atoms with Crippen molar-refractivity contribution in [3.05, 3.63) is 0 Å². The number of nitrogens with one attached hydrogen (secondary N) is 2. The lowest BCUT2D eigenvalue weighted by atomic mass is 10.0. The van der Waals surface area contributed by atoms with Gasteiger partial charge in [-0.25, -0.2) is 0 Å². The largest absolute Gasteiger partial charge is 0.395 e. The van der Waals surface area contributed by atoms with Crippen LogP contribution in [-0.4, -0.2) is 36.9 Å². The fourth-order valence-corrected chi connectivity index (χ4v) is 1.75. The average molecular weight is 186 g/mol. The van der Waals surface area contributed by atoms with Crippen molar-refractivity contribution < 1.29 is 5.11 Å². The summed E-state index contributed by atoms with van der Waals surface area (Å²) in [5, 5.41) is 16.0. The summed E-state index contributed by atoms with van der Waals surface area (Å²) in [5.41, 5.74) is 0. The van der Waals surface area contributed by atoms with Crippen molar-refractivity contribution in [3.63, 3.8) is 0 Å². The number of rotatable bonds is 4. The molecule has 0 bridgehead atoms. The van der Waals surface area contributed by atoms with Gasteiger partial charge in [0.2, 0.25) is 0 Å². The maximum Gasteiger partial charge on any atom is 0.0587 e. The lowest BCUT2D eigenvalue weighted by Crippen LogP contribution is -2.50. The van der Waals surface area contributed by atoms with E-state index < -0.39 is 0 Å². The minimum absolute atomic E-state index is 0.244. The maximum atomic E-state index is 9.14. The number of hydrogen-bond acceptors (Lipinski definition) is 3. The highest BCUT2D eigenvalue weighted by molar-refractivity contribution is 4.80. The summed E-state index contributed by atoms with van der Waals surface area (Å²) in [6.07, 6.45) is 2.48. The van der Waals surface area contributed by atoms with Crippen LogP contribution in [-0.2, 0) is 0 Å². The van der Waals surface area contributed by atoms with Crippen LogP contribution in [0.1, 0.15) is 26.7 Å². The van der Waals surface area contributed by atoms with E-state index in [0.29, 0.717) is 12.0 Å². The first-order chi connectivity index (χ1) is 6.24. The zero-order valence-corrected chi connectivity index (χ0v) is 8.71. The normalized spacial score (nSPS) is 26.3. The molecule has 0 spiro atoms. The van der Waals surface area contributed by atoms with Crippen LogP contribution in [0.5, 0.6) is 0 Å². The van der Waals surface area contributed by atoms with Crippen molar-refractivity contribution in [1.29, 1.82) is 0 Å². The number of aliphatic hydroxyl groups excluding tert-OH is 1. The number of piperidine rings is 1. The van der Waals surface area contributed by atoms with Crippen LogP contribution in [0.2, 0.25) is 0 Å². The Labute approximate surface area is 80.9 Å². The lowest BCUT2D eigenvalue weighted by Gasteiger charge is -2.30. The van der Waals surface area contributed by atoms with E-state index in [1.807, 2.05) is 0 Å². The van der Waals surface area contributed by atoms with E-state index in [-0.39, 0.29) is 12.6 Å². The van der Waals surface area contributed by atoms with Gasteiger partial charge in [0.05, 0.1) is 6.61 Å². The van der Waals surface area contributed by atoms with E-state index in [0.717, 1.165) is 13.1 Å². The Morgan fingerprint density at radius 2 is 2.31 bits per heavy atom. The van der Waals surface area contributed by atoms with E-state index >= 15 is 0 Å². The Kier molecular flexibility index (Phi) is 4.70.